The third kappa shape index (κ3) is 3.33. The van der Waals surface area contributed by atoms with Crippen molar-refractivity contribution in [2.45, 2.75) is 16.7 Å². The molecule has 3 nitrogen and oxygen atoms in total. The Morgan fingerprint density at radius 1 is 0.900 bits per heavy atom. The van der Waals surface area contributed by atoms with Crippen molar-refractivity contribution in [1.82, 2.24) is 0 Å². The zero-order valence-corrected chi connectivity index (χ0v) is 12.7. The van der Waals surface area contributed by atoms with Gasteiger partial charge in [-0.05, 0) is 22.8 Å². The van der Waals surface area contributed by atoms with Crippen molar-refractivity contribution in [3.05, 3.63) is 53.6 Å². The summed E-state index contributed by atoms with van der Waals surface area (Å²) in [7, 11) is -4.31. The normalized spacial score (nSPS) is 11.6. The van der Waals surface area contributed by atoms with E-state index in [1.54, 1.807) is 24.3 Å². The molecule has 0 atom stereocenters. The maximum atomic E-state index is 11.5. The number of halogens is 2. The third-order valence-electron chi connectivity index (χ3n) is 2.90. The van der Waals surface area contributed by atoms with Crippen LogP contribution in [0.15, 0.2) is 47.4 Å². The molecule has 0 aliphatic heterocycles. The quantitative estimate of drug-likeness (QED) is 0.678. The number of alkyl halides is 2. The van der Waals surface area contributed by atoms with Crippen LogP contribution in [0.3, 0.4) is 0 Å². The van der Waals surface area contributed by atoms with E-state index in [9.17, 15) is 13.0 Å². The topological polar surface area (TPSA) is 54.4 Å². The summed E-state index contributed by atoms with van der Waals surface area (Å²) < 4.78 is 32.4. The van der Waals surface area contributed by atoms with Gasteiger partial charge in [-0.3, -0.25) is 4.55 Å². The largest absolute Gasteiger partial charge is 0.295 e. The van der Waals surface area contributed by atoms with E-state index < -0.39 is 10.1 Å². The predicted molar refractivity (Wildman–Crippen MR) is 80.8 cm³/mol. The first-order valence-corrected chi connectivity index (χ1v) is 8.28. The molecule has 0 saturated heterocycles. The van der Waals surface area contributed by atoms with Crippen LogP contribution in [0.5, 0.6) is 0 Å². The fourth-order valence-electron chi connectivity index (χ4n) is 1.88. The van der Waals surface area contributed by atoms with Gasteiger partial charge in [-0.25, -0.2) is 0 Å². The summed E-state index contributed by atoms with van der Waals surface area (Å²) in [6.45, 7) is 0. The molecule has 0 saturated carbocycles. The third-order valence-corrected chi connectivity index (χ3v) is 4.41. The molecule has 0 aromatic heterocycles. The summed E-state index contributed by atoms with van der Waals surface area (Å²) in [6.07, 6.45) is 0. The molecule has 0 radical (unpaired) electrons. The van der Waals surface area contributed by atoms with Gasteiger partial charge >= 0.3 is 0 Å². The lowest BCUT2D eigenvalue weighted by Crippen LogP contribution is -2.02. The Bertz CT molecular complexity index is 710. The van der Waals surface area contributed by atoms with Crippen LogP contribution >= 0.6 is 23.2 Å². The van der Waals surface area contributed by atoms with E-state index in [1.807, 2.05) is 12.1 Å². The second-order valence-corrected chi connectivity index (χ2v) is 6.19. The monoisotopic (exact) mass is 330 g/mol. The molecule has 6 heteroatoms. The Balaban J connectivity index is 2.60. The second kappa shape index (κ2) is 6.14. The van der Waals surface area contributed by atoms with Gasteiger partial charge in [-0.1, -0.05) is 36.4 Å². The molecule has 20 heavy (non-hydrogen) atoms. The summed E-state index contributed by atoms with van der Waals surface area (Å²) in [5.74, 6) is 0.560. The average molecular weight is 331 g/mol. The molecular weight excluding hydrogens is 319 g/mol. The standard InChI is InChI=1S/C14H12Cl2O3S/c15-8-10-1-4-12(5-2-10)13-6-3-11(9-16)7-14(13)20(17,18)19/h1-7H,8-9H2,(H,17,18,19). The van der Waals surface area contributed by atoms with Gasteiger partial charge in [0.25, 0.3) is 10.1 Å². The lowest BCUT2D eigenvalue weighted by atomic mass is 10.0. The van der Waals surface area contributed by atoms with Crippen LogP contribution in [-0.4, -0.2) is 13.0 Å². The van der Waals surface area contributed by atoms with Crippen molar-refractivity contribution in [3.8, 4) is 11.1 Å². The highest BCUT2D eigenvalue weighted by Gasteiger charge is 2.17. The maximum absolute atomic E-state index is 11.5. The van der Waals surface area contributed by atoms with Crippen molar-refractivity contribution in [1.29, 1.82) is 0 Å². The summed E-state index contributed by atoms with van der Waals surface area (Å²) in [6, 6.07) is 11.9. The second-order valence-electron chi connectivity index (χ2n) is 4.27. The molecule has 0 amide bonds. The van der Waals surface area contributed by atoms with Crippen LogP contribution in [0.2, 0.25) is 0 Å². The maximum Gasteiger partial charge on any atom is 0.295 e. The van der Waals surface area contributed by atoms with Gasteiger partial charge in [0.2, 0.25) is 0 Å². The van der Waals surface area contributed by atoms with Crippen LogP contribution in [0.4, 0.5) is 0 Å². The molecular formula is C14H12Cl2O3S. The first-order valence-electron chi connectivity index (χ1n) is 5.77. The fraction of sp³-hybridized carbons (Fsp3) is 0.143. The fourth-order valence-corrected chi connectivity index (χ4v) is 2.98. The van der Waals surface area contributed by atoms with E-state index in [1.165, 1.54) is 6.07 Å². The summed E-state index contributed by atoms with van der Waals surface area (Å²) >= 11 is 11.4. The first-order chi connectivity index (χ1) is 9.45. The molecule has 0 aliphatic carbocycles. The van der Waals surface area contributed by atoms with Gasteiger partial charge < -0.3 is 0 Å². The highest BCUT2D eigenvalue weighted by atomic mass is 35.5. The zero-order valence-electron chi connectivity index (χ0n) is 10.4. The van der Waals surface area contributed by atoms with Gasteiger partial charge in [-0.2, -0.15) is 8.42 Å². The molecule has 0 heterocycles. The lowest BCUT2D eigenvalue weighted by molar-refractivity contribution is 0.483. The SMILES string of the molecule is O=S(=O)(O)c1cc(CCl)ccc1-c1ccc(CCl)cc1. The van der Waals surface area contributed by atoms with E-state index in [0.29, 0.717) is 22.6 Å². The molecule has 0 bridgehead atoms. The van der Waals surface area contributed by atoms with Gasteiger partial charge in [0.1, 0.15) is 4.90 Å². The van der Waals surface area contributed by atoms with Crippen LogP contribution in [0.25, 0.3) is 11.1 Å². The number of benzene rings is 2. The minimum absolute atomic E-state index is 0.144. The highest BCUT2D eigenvalue weighted by molar-refractivity contribution is 7.86. The van der Waals surface area contributed by atoms with Gasteiger partial charge in [0, 0.05) is 17.3 Å². The van der Waals surface area contributed by atoms with Crippen molar-refractivity contribution in [2.24, 2.45) is 0 Å². The minimum atomic E-state index is -4.31. The Morgan fingerprint density at radius 3 is 1.95 bits per heavy atom. The van der Waals surface area contributed by atoms with E-state index in [-0.39, 0.29) is 10.8 Å². The van der Waals surface area contributed by atoms with E-state index in [2.05, 4.69) is 0 Å². The zero-order chi connectivity index (χ0) is 14.8. The van der Waals surface area contributed by atoms with Crippen molar-refractivity contribution < 1.29 is 13.0 Å². The molecule has 1 N–H and O–H groups in total. The molecule has 0 spiro atoms. The molecule has 0 fully saturated rings. The predicted octanol–water partition coefficient (Wildman–Crippen LogP) is 4.08. The van der Waals surface area contributed by atoms with Crippen molar-refractivity contribution in [2.75, 3.05) is 0 Å². The highest BCUT2D eigenvalue weighted by Crippen LogP contribution is 2.29. The molecule has 2 aromatic carbocycles. The summed E-state index contributed by atoms with van der Waals surface area (Å²) in [5.41, 5.74) is 2.68. The van der Waals surface area contributed by atoms with Gasteiger partial charge in [-0.15, -0.1) is 23.2 Å². The molecule has 0 aliphatic rings. The summed E-state index contributed by atoms with van der Waals surface area (Å²) in [4.78, 5) is -0.144. The van der Waals surface area contributed by atoms with Gasteiger partial charge in [0.05, 0.1) is 0 Å². The number of hydrogen-bond donors (Lipinski definition) is 1. The molecule has 106 valence electrons. The van der Waals surface area contributed by atoms with Crippen LogP contribution in [0, 0.1) is 0 Å². The Labute approximate surface area is 127 Å². The Hall–Kier alpha value is -1.07. The number of rotatable bonds is 4. The van der Waals surface area contributed by atoms with Crippen LogP contribution in [0.1, 0.15) is 11.1 Å². The Morgan fingerprint density at radius 2 is 1.45 bits per heavy atom. The molecule has 2 aromatic rings. The first kappa shape index (κ1) is 15.3. The van der Waals surface area contributed by atoms with Crippen LogP contribution < -0.4 is 0 Å². The smallest absolute Gasteiger partial charge is 0.282 e. The van der Waals surface area contributed by atoms with Crippen molar-refractivity contribution >= 4 is 33.3 Å². The van der Waals surface area contributed by atoms with Crippen LogP contribution in [-0.2, 0) is 21.9 Å². The van der Waals surface area contributed by atoms with E-state index >= 15 is 0 Å². The summed E-state index contributed by atoms with van der Waals surface area (Å²) in [5, 5.41) is 0. The minimum Gasteiger partial charge on any atom is -0.282 e. The molecule has 2 rings (SSSR count). The molecule has 0 unspecified atom stereocenters. The average Bonchev–Trinajstić information content (AvgIpc) is 2.46. The van der Waals surface area contributed by atoms with Crippen molar-refractivity contribution in [3.63, 3.8) is 0 Å². The van der Waals surface area contributed by atoms with E-state index in [4.69, 9.17) is 23.2 Å². The van der Waals surface area contributed by atoms with Gasteiger partial charge in [0.15, 0.2) is 0 Å². The number of hydrogen-bond acceptors (Lipinski definition) is 2. The lowest BCUT2D eigenvalue weighted by Gasteiger charge is -2.09. The Kier molecular flexibility index (Phi) is 4.70. The van der Waals surface area contributed by atoms with E-state index in [0.717, 1.165) is 5.56 Å².